The third-order valence-electron chi connectivity index (χ3n) is 4.41. The van der Waals surface area contributed by atoms with Crippen molar-refractivity contribution in [1.82, 2.24) is 10.2 Å². The Hall–Kier alpha value is -3.41. The Balaban J connectivity index is 1.73. The number of anilines is 4. The molecule has 0 saturated carbocycles. The number of benzene rings is 2. The van der Waals surface area contributed by atoms with Crippen molar-refractivity contribution in [2.45, 2.75) is 13.8 Å². The average molecular weight is 375 g/mol. The summed E-state index contributed by atoms with van der Waals surface area (Å²) in [6.45, 7) is 4.51. The van der Waals surface area contributed by atoms with E-state index in [0.717, 1.165) is 22.6 Å². The van der Waals surface area contributed by atoms with Gasteiger partial charge in [0, 0.05) is 37.7 Å². The van der Waals surface area contributed by atoms with Gasteiger partial charge in [-0.25, -0.2) is 0 Å². The summed E-state index contributed by atoms with van der Waals surface area (Å²) in [4.78, 5) is 16.6. The highest BCUT2D eigenvalue weighted by molar-refractivity contribution is 6.04. The molecule has 3 aromatic rings. The fraction of sp³-hybridized carbons (Fsp3) is 0.227. The fourth-order valence-corrected chi connectivity index (χ4v) is 2.88. The monoisotopic (exact) mass is 375 g/mol. The second-order valence-corrected chi connectivity index (χ2v) is 6.76. The molecule has 0 aliphatic rings. The summed E-state index contributed by atoms with van der Waals surface area (Å²) in [5.41, 5.74) is 4.31. The van der Waals surface area contributed by atoms with E-state index in [2.05, 4.69) is 15.5 Å². The molecule has 0 bridgehead atoms. The molecule has 1 aromatic heterocycles. The molecule has 0 fully saturated rings. The lowest BCUT2D eigenvalue weighted by atomic mass is 10.2. The molecular formula is C22H25N5O. The number of hydrogen-bond acceptors (Lipinski definition) is 5. The van der Waals surface area contributed by atoms with E-state index in [1.54, 1.807) is 17.0 Å². The van der Waals surface area contributed by atoms with Crippen LogP contribution in [0.15, 0.2) is 60.7 Å². The lowest BCUT2D eigenvalue weighted by Gasteiger charge is -2.21. The Bertz CT molecular complexity index is 936. The summed E-state index contributed by atoms with van der Waals surface area (Å²) in [5, 5.41) is 11.5. The van der Waals surface area contributed by atoms with Gasteiger partial charge in [0.2, 0.25) is 0 Å². The van der Waals surface area contributed by atoms with Crippen molar-refractivity contribution in [3.8, 4) is 0 Å². The van der Waals surface area contributed by atoms with Crippen molar-refractivity contribution < 1.29 is 4.79 Å². The minimum absolute atomic E-state index is 0.164. The molecule has 0 aliphatic carbocycles. The van der Waals surface area contributed by atoms with Gasteiger partial charge in [-0.2, -0.15) is 0 Å². The van der Waals surface area contributed by atoms with E-state index < -0.39 is 0 Å². The summed E-state index contributed by atoms with van der Waals surface area (Å²) in [7, 11) is 4.00. The van der Waals surface area contributed by atoms with Gasteiger partial charge in [-0.15, -0.1) is 10.2 Å². The van der Waals surface area contributed by atoms with Crippen molar-refractivity contribution in [2.75, 3.05) is 35.8 Å². The molecular weight excluding hydrogens is 350 g/mol. The van der Waals surface area contributed by atoms with Crippen LogP contribution in [0.5, 0.6) is 0 Å². The van der Waals surface area contributed by atoms with Gasteiger partial charge in [-0.05, 0) is 67.9 Å². The van der Waals surface area contributed by atoms with Gasteiger partial charge in [0.25, 0.3) is 5.91 Å². The predicted octanol–water partition coefficient (Wildman–Crippen LogP) is 4.26. The van der Waals surface area contributed by atoms with Crippen molar-refractivity contribution in [3.63, 3.8) is 0 Å². The third kappa shape index (κ3) is 4.46. The van der Waals surface area contributed by atoms with Crippen molar-refractivity contribution in [2.24, 2.45) is 0 Å². The first-order valence-electron chi connectivity index (χ1n) is 9.24. The van der Waals surface area contributed by atoms with Crippen LogP contribution in [0.2, 0.25) is 0 Å². The van der Waals surface area contributed by atoms with Crippen LogP contribution in [0.1, 0.15) is 23.0 Å². The maximum Gasteiger partial charge on any atom is 0.278 e. The van der Waals surface area contributed by atoms with E-state index >= 15 is 0 Å². The first-order chi connectivity index (χ1) is 13.5. The number of rotatable bonds is 6. The van der Waals surface area contributed by atoms with Gasteiger partial charge in [-0.3, -0.25) is 4.79 Å². The molecule has 3 rings (SSSR count). The zero-order valence-corrected chi connectivity index (χ0v) is 16.7. The van der Waals surface area contributed by atoms with Gasteiger partial charge < -0.3 is 15.1 Å². The van der Waals surface area contributed by atoms with Crippen LogP contribution >= 0.6 is 0 Å². The van der Waals surface area contributed by atoms with Crippen LogP contribution in [0, 0.1) is 6.92 Å². The molecule has 2 aromatic carbocycles. The third-order valence-corrected chi connectivity index (χ3v) is 4.41. The van der Waals surface area contributed by atoms with Gasteiger partial charge >= 0.3 is 0 Å². The molecule has 0 atom stereocenters. The predicted molar refractivity (Wildman–Crippen MR) is 115 cm³/mol. The van der Waals surface area contributed by atoms with Crippen LogP contribution in [0.4, 0.5) is 22.9 Å². The highest BCUT2D eigenvalue weighted by Gasteiger charge is 2.18. The average Bonchev–Trinajstić information content (AvgIpc) is 2.69. The zero-order chi connectivity index (χ0) is 20.1. The number of nitrogens with zero attached hydrogens (tertiary/aromatic N) is 4. The maximum absolute atomic E-state index is 12.9. The summed E-state index contributed by atoms with van der Waals surface area (Å²) in [6.07, 6.45) is 0. The maximum atomic E-state index is 12.9. The topological polar surface area (TPSA) is 61.4 Å². The molecule has 1 amide bonds. The summed E-state index contributed by atoms with van der Waals surface area (Å²) in [5.74, 6) is 0.426. The molecule has 6 heteroatoms. The van der Waals surface area contributed by atoms with Gasteiger partial charge in [0.15, 0.2) is 11.5 Å². The number of carbonyl (C=O) groups is 1. The number of hydrogen-bond donors (Lipinski definition) is 1. The van der Waals surface area contributed by atoms with Crippen molar-refractivity contribution in [1.29, 1.82) is 0 Å². The van der Waals surface area contributed by atoms with E-state index in [1.807, 2.05) is 81.4 Å². The normalized spacial score (nSPS) is 10.4. The van der Waals surface area contributed by atoms with Crippen molar-refractivity contribution in [3.05, 3.63) is 71.9 Å². The van der Waals surface area contributed by atoms with Gasteiger partial charge in [0.1, 0.15) is 0 Å². The highest BCUT2D eigenvalue weighted by atomic mass is 16.2. The van der Waals surface area contributed by atoms with E-state index in [-0.39, 0.29) is 5.91 Å². The molecule has 144 valence electrons. The molecule has 28 heavy (non-hydrogen) atoms. The minimum Gasteiger partial charge on any atom is -0.378 e. The second kappa shape index (κ2) is 8.52. The standard InChI is InChI=1S/C22H25N5O/c1-5-27(19-8-6-7-16(2)15-19)22(28)20-13-14-21(25-24-20)23-17-9-11-18(12-10-17)26(3)4/h6-15H,5H2,1-4H3,(H,23,25). The van der Waals surface area contributed by atoms with Crippen LogP contribution < -0.4 is 15.1 Å². The lowest BCUT2D eigenvalue weighted by molar-refractivity contribution is 0.0982. The Kier molecular flexibility index (Phi) is 5.89. The molecule has 0 radical (unpaired) electrons. The van der Waals surface area contributed by atoms with E-state index in [4.69, 9.17) is 0 Å². The molecule has 0 spiro atoms. The Morgan fingerprint density at radius 1 is 0.964 bits per heavy atom. The SMILES string of the molecule is CCN(C(=O)c1ccc(Nc2ccc(N(C)C)cc2)nn1)c1cccc(C)c1. The van der Waals surface area contributed by atoms with Crippen LogP contribution in [0.25, 0.3) is 0 Å². The van der Waals surface area contributed by atoms with Crippen molar-refractivity contribution >= 4 is 28.8 Å². The highest BCUT2D eigenvalue weighted by Crippen LogP contribution is 2.20. The first-order valence-corrected chi connectivity index (χ1v) is 9.24. The Morgan fingerprint density at radius 3 is 2.29 bits per heavy atom. The van der Waals surface area contributed by atoms with Crippen LogP contribution in [0.3, 0.4) is 0 Å². The molecule has 1 N–H and O–H groups in total. The first kappa shape index (κ1) is 19.4. The summed E-state index contributed by atoms with van der Waals surface area (Å²) < 4.78 is 0. The molecule has 1 heterocycles. The van der Waals surface area contributed by atoms with E-state index in [0.29, 0.717) is 18.1 Å². The minimum atomic E-state index is -0.164. The van der Waals surface area contributed by atoms with Crippen LogP contribution in [-0.2, 0) is 0 Å². The summed E-state index contributed by atoms with van der Waals surface area (Å²) >= 11 is 0. The molecule has 6 nitrogen and oxygen atoms in total. The Morgan fingerprint density at radius 2 is 1.71 bits per heavy atom. The fourth-order valence-electron chi connectivity index (χ4n) is 2.88. The zero-order valence-electron chi connectivity index (χ0n) is 16.7. The van der Waals surface area contributed by atoms with Gasteiger partial charge in [-0.1, -0.05) is 12.1 Å². The molecule has 0 saturated heterocycles. The lowest BCUT2D eigenvalue weighted by Crippen LogP contribution is -2.31. The van der Waals surface area contributed by atoms with E-state index in [9.17, 15) is 4.79 Å². The quantitative estimate of drug-likeness (QED) is 0.697. The van der Waals surface area contributed by atoms with E-state index in [1.165, 1.54) is 0 Å². The number of carbonyl (C=O) groups excluding carboxylic acids is 1. The number of aromatic nitrogens is 2. The smallest absolute Gasteiger partial charge is 0.278 e. The molecule has 0 aliphatic heterocycles. The number of amides is 1. The number of nitrogens with one attached hydrogen (secondary N) is 1. The largest absolute Gasteiger partial charge is 0.378 e. The van der Waals surface area contributed by atoms with Gasteiger partial charge in [0.05, 0.1) is 0 Å². The second-order valence-electron chi connectivity index (χ2n) is 6.76. The molecule has 0 unspecified atom stereocenters. The Labute approximate surface area is 165 Å². The number of aryl methyl sites for hydroxylation is 1. The summed E-state index contributed by atoms with van der Waals surface area (Å²) in [6, 6.07) is 19.3. The van der Waals surface area contributed by atoms with Crippen LogP contribution in [-0.4, -0.2) is 36.7 Å².